The topological polar surface area (TPSA) is 49.4 Å². The third kappa shape index (κ3) is 4.72. The van der Waals surface area contributed by atoms with Gasteiger partial charge in [-0.3, -0.25) is 9.59 Å². The second-order valence-corrected chi connectivity index (χ2v) is 7.07. The summed E-state index contributed by atoms with van der Waals surface area (Å²) in [4.78, 5) is 26.5. The van der Waals surface area contributed by atoms with Gasteiger partial charge in [0.1, 0.15) is 0 Å². The SMILES string of the molecule is CC(C)CNC(=O)C1CCN(C(=O)C2CCCCC2)CC1. The normalized spacial score (nSPS) is 21.6. The molecule has 0 spiro atoms. The van der Waals surface area contributed by atoms with Crippen LogP contribution >= 0.6 is 0 Å². The van der Waals surface area contributed by atoms with Crippen LogP contribution < -0.4 is 5.32 Å². The number of amides is 2. The summed E-state index contributed by atoms with van der Waals surface area (Å²) in [7, 11) is 0. The Hall–Kier alpha value is -1.06. The van der Waals surface area contributed by atoms with Crippen molar-refractivity contribution in [2.75, 3.05) is 19.6 Å². The first kappa shape index (κ1) is 16.3. The predicted molar refractivity (Wildman–Crippen MR) is 83.7 cm³/mol. The van der Waals surface area contributed by atoms with E-state index in [4.69, 9.17) is 0 Å². The van der Waals surface area contributed by atoms with Gasteiger partial charge in [-0.15, -0.1) is 0 Å². The standard InChI is InChI=1S/C17H30N2O2/c1-13(2)12-18-16(20)14-8-10-19(11-9-14)17(21)15-6-4-3-5-7-15/h13-15H,3-12H2,1-2H3,(H,18,20). The lowest BCUT2D eigenvalue weighted by Gasteiger charge is -2.34. The van der Waals surface area contributed by atoms with Crippen molar-refractivity contribution in [1.82, 2.24) is 10.2 Å². The second-order valence-electron chi connectivity index (χ2n) is 7.07. The van der Waals surface area contributed by atoms with Gasteiger partial charge >= 0.3 is 0 Å². The molecule has 0 atom stereocenters. The fourth-order valence-corrected chi connectivity index (χ4v) is 3.42. The molecule has 2 rings (SSSR count). The highest BCUT2D eigenvalue weighted by molar-refractivity contribution is 5.81. The van der Waals surface area contributed by atoms with Gasteiger partial charge in [0.2, 0.25) is 11.8 Å². The molecule has 1 saturated heterocycles. The maximum Gasteiger partial charge on any atom is 0.225 e. The van der Waals surface area contributed by atoms with Crippen LogP contribution in [0, 0.1) is 17.8 Å². The van der Waals surface area contributed by atoms with E-state index in [0.29, 0.717) is 11.8 Å². The lowest BCUT2D eigenvalue weighted by atomic mass is 9.87. The zero-order valence-electron chi connectivity index (χ0n) is 13.6. The molecule has 120 valence electrons. The molecule has 1 saturated carbocycles. The van der Waals surface area contributed by atoms with Crippen LogP contribution in [-0.4, -0.2) is 36.3 Å². The van der Waals surface area contributed by atoms with Gasteiger partial charge in [0, 0.05) is 31.5 Å². The second kappa shape index (κ2) is 7.81. The number of carbonyl (C=O) groups is 2. The molecule has 1 aliphatic heterocycles. The zero-order valence-corrected chi connectivity index (χ0v) is 13.6. The summed E-state index contributed by atoms with van der Waals surface area (Å²) in [5.41, 5.74) is 0. The molecular weight excluding hydrogens is 264 g/mol. The van der Waals surface area contributed by atoms with E-state index in [1.54, 1.807) is 0 Å². The molecule has 2 amide bonds. The van der Waals surface area contributed by atoms with Crippen molar-refractivity contribution < 1.29 is 9.59 Å². The maximum absolute atomic E-state index is 12.5. The number of hydrogen-bond acceptors (Lipinski definition) is 2. The van der Waals surface area contributed by atoms with Gasteiger partial charge < -0.3 is 10.2 Å². The zero-order chi connectivity index (χ0) is 15.2. The van der Waals surface area contributed by atoms with Gasteiger partial charge in [0.15, 0.2) is 0 Å². The van der Waals surface area contributed by atoms with Crippen molar-refractivity contribution in [3.63, 3.8) is 0 Å². The van der Waals surface area contributed by atoms with Gasteiger partial charge in [-0.05, 0) is 31.6 Å². The van der Waals surface area contributed by atoms with Crippen LogP contribution in [-0.2, 0) is 9.59 Å². The Kier molecular flexibility index (Phi) is 6.07. The predicted octanol–water partition coefficient (Wildman–Crippen LogP) is 2.58. The fourth-order valence-electron chi connectivity index (χ4n) is 3.42. The Morgan fingerprint density at radius 1 is 1.00 bits per heavy atom. The Bertz CT molecular complexity index is 354. The molecule has 0 radical (unpaired) electrons. The molecule has 0 bridgehead atoms. The van der Waals surface area contributed by atoms with Crippen LogP contribution in [0.1, 0.15) is 58.8 Å². The minimum Gasteiger partial charge on any atom is -0.356 e. The highest BCUT2D eigenvalue weighted by Gasteiger charge is 2.31. The van der Waals surface area contributed by atoms with Gasteiger partial charge in [-0.1, -0.05) is 33.1 Å². The van der Waals surface area contributed by atoms with Crippen molar-refractivity contribution in [1.29, 1.82) is 0 Å². The van der Waals surface area contributed by atoms with Crippen LogP contribution in [0.15, 0.2) is 0 Å². The molecule has 4 heteroatoms. The summed E-state index contributed by atoms with van der Waals surface area (Å²) in [6.07, 6.45) is 7.45. The Balaban J connectivity index is 1.74. The van der Waals surface area contributed by atoms with Gasteiger partial charge in [0.25, 0.3) is 0 Å². The number of likely N-dealkylation sites (tertiary alicyclic amines) is 1. The number of hydrogen-bond donors (Lipinski definition) is 1. The molecule has 0 unspecified atom stereocenters. The lowest BCUT2D eigenvalue weighted by molar-refractivity contribution is -0.140. The number of carbonyl (C=O) groups excluding carboxylic acids is 2. The van der Waals surface area contributed by atoms with Crippen LogP contribution in [0.25, 0.3) is 0 Å². The fraction of sp³-hybridized carbons (Fsp3) is 0.882. The smallest absolute Gasteiger partial charge is 0.225 e. The minimum atomic E-state index is 0.0964. The molecule has 21 heavy (non-hydrogen) atoms. The molecule has 0 aromatic carbocycles. The van der Waals surface area contributed by atoms with Crippen LogP contribution in [0.2, 0.25) is 0 Å². The summed E-state index contributed by atoms with van der Waals surface area (Å²) in [5.74, 6) is 1.36. The largest absolute Gasteiger partial charge is 0.356 e. The molecule has 1 heterocycles. The average Bonchev–Trinajstić information content (AvgIpc) is 2.53. The van der Waals surface area contributed by atoms with Crippen molar-refractivity contribution in [2.45, 2.75) is 58.8 Å². The van der Waals surface area contributed by atoms with E-state index in [1.807, 2.05) is 4.90 Å². The van der Waals surface area contributed by atoms with E-state index in [2.05, 4.69) is 19.2 Å². The van der Waals surface area contributed by atoms with Gasteiger partial charge in [-0.25, -0.2) is 0 Å². The van der Waals surface area contributed by atoms with E-state index in [9.17, 15) is 9.59 Å². The third-order valence-corrected chi connectivity index (χ3v) is 4.82. The van der Waals surface area contributed by atoms with Crippen molar-refractivity contribution in [3.05, 3.63) is 0 Å². The molecular formula is C17H30N2O2. The average molecular weight is 294 g/mol. The first-order valence-electron chi connectivity index (χ1n) is 8.64. The highest BCUT2D eigenvalue weighted by Crippen LogP contribution is 2.27. The molecule has 1 N–H and O–H groups in total. The molecule has 4 nitrogen and oxygen atoms in total. The monoisotopic (exact) mass is 294 g/mol. The van der Waals surface area contributed by atoms with Crippen molar-refractivity contribution >= 4 is 11.8 Å². The molecule has 2 fully saturated rings. The summed E-state index contributed by atoms with van der Waals surface area (Å²) < 4.78 is 0. The summed E-state index contributed by atoms with van der Waals surface area (Å²) in [5, 5.41) is 3.02. The first-order chi connectivity index (χ1) is 10.1. The highest BCUT2D eigenvalue weighted by atomic mass is 16.2. The van der Waals surface area contributed by atoms with E-state index in [-0.39, 0.29) is 17.7 Å². The number of piperidine rings is 1. The lowest BCUT2D eigenvalue weighted by Crippen LogP contribution is -2.45. The van der Waals surface area contributed by atoms with Crippen molar-refractivity contribution in [3.8, 4) is 0 Å². The Morgan fingerprint density at radius 3 is 2.19 bits per heavy atom. The van der Waals surface area contributed by atoms with Crippen LogP contribution in [0.4, 0.5) is 0 Å². The summed E-state index contributed by atoms with van der Waals surface area (Å²) in [6, 6.07) is 0. The van der Waals surface area contributed by atoms with Crippen LogP contribution in [0.3, 0.4) is 0 Å². The molecule has 1 aliphatic carbocycles. The number of nitrogens with one attached hydrogen (secondary N) is 1. The van der Waals surface area contributed by atoms with Gasteiger partial charge in [-0.2, -0.15) is 0 Å². The molecule has 2 aliphatic rings. The van der Waals surface area contributed by atoms with E-state index >= 15 is 0 Å². The summed E-state index contributed by atoms with van der Waals surface area (Å²) in [6.45, 7) is 6.47. The Labute approximate surface area is 128 Å². The molecule has 0 aromatic rings. The maximum atomic E-state index is 12.5. The molecule has 0 aromatic heterocycles. The van der Waals surface area contributed by atoms with E-state index in [0.717, 1.165) is 45.3 Å². The Morgan fingerprint density at radius 2 is 1.62 bits per heavy atom. The first-order valence-corrected chi connectivity index (χ1v) is 8.64. The number of nitrogens with zero attached hydrogens (tertiary/aromatic N) is 1. The van der Waals surface area contributed by atoms with Crippen LogP contribution in [0.5, 0.6) is 0 Å². The van der Waals surface area contributed by atoms with E-state index < -0.39 is 0 Å². The summed E-state index contributed by atoms with van der Waals surface area (Å²) >= 11 is 0. The third-order valence-electron chi connectivity index (χ3n) is 4.82. The quantitative estimate of drug-likeness (QED) is 0.866. The number of rotatable bonds is 4. The van der Waals surface area contributed by atoms with E-state index in [1.165, 1.54) is 19.3 Å². The van der Waals surface area contributed by atoms with Crippen molar-refractivity contribution in [2.24, 2.45) is 17.8 Å². The van der Waals surface area contributed by atoms with Gasteiger partial charge in [0.05, 0.1) is 0 Å². The minimum absolute atomic E-state index is 0.0964.